The molecule has 0 saturated carbocycles. The van der Waals surface area contributed by atoms with Crippen molar-refractivity contribution in [3.05, 3.63) is 85.1 Å². The standard InChI is InChI=1S/C55H95NO8/c1-3-5-7-9-11-13-15-17-19-21-22-23-24-25-26-27-28-29-31-33-35-37-39-41-43-45-51(59)56-48(47-63-55-54(62)53(61)52(60)50(46-57)64-55)49(58)44-42-40-38-36-34-32-30-20-18-16-14-12-10-8-6-4-2/h5,7,11,13,17-20,22-23,34,36,42,44,48-50,52-55,57-58,60-62H,3-4,6,8-10,12,14-16,21,24-33,35,37-41,43,45-47H2,1-2H3,(H,56,59)/b7-5-,13-11-,19-17-,20-18+,23-22-,36-34+,44-42+. The van der Waals surface area contributed by atoms with Crippen molar-refractivity contribution >= 4 is 5.91 Å². The summed E-state index contributed by atoms with van der Waals surface area (Å²) in [5.74, 6) is -0.197. The molecule has 368 valence electrons. The topological polar surface area (TPSA) is 149 Å². The number of allylic oxidation sites excluding steroid dienone is 13. The normalized spacial score (nSPS) is 20.8. The van der Waals surface area contributed by atoms with Crippen LogP contribution in [0.2, 0.25) is 0 Å². The summed E-state index contributed by atoms with van der Waals surface area (Å²) in [6.45, 7) is 3.62. The van der Waals surface area contributed by atoms with Crippen molar-refractivity contribution in [2.24, 2.45) is 0 Å². The van der Waals surface area contributed by atoms with Crippen LogP contribution in [0.25, 0.3) is 0 Å². The molecular weight excluding hydrogens is 803 g/mol. The number of unbranched alkanes of at least 4 members (excludes halogenated alkanes) is 20. The van der Waals surface area contributed by atoms with E-state index in [0.717, 1.165) is 77.0 Å². The smallest absolute Gasteiger partial charge is 0.220 e. The Morgan fingerprint density at radius 1 is 0.547 bits per heavy atom. The Kier molecular flexibility index (Phi) is 41.0. The second-order valence-corrected chi connectivity index (χ2v) is 17.6. The van der Waals surface area contributed by atoms with E-state index < -0.39 is 49.5 Å². The lowest BCUT2D eigenvalue weighted by atomic mass is 9.99. The van der Waals surface area contributed by atoms with Crippen molar-refractivity contribution in [2.75, 3.05) is 13.2 Å². The summed E-state index contributed by atoms with van der Waals surface area (Å²) in [5.41, 5.74) is 0. The largest absolute Gasteiger partial charge is 0.394 e. The molecule has 0 aromatic carbocycles. The van der Waals surface area contributed by atoms with Gasteiger partial charge in [-0.15, -0.1) is 0 Å². The molecule has 1 fully saturated rings. The van der Waals surface area contributed by atoms with E-state index in [0.29, 0.717) is 6.42 Å². The minimum atomic E-state index is -1.58. The van der Waals surface area contributed by atoms with Crippen molar-refractivity contribution in [1.82, 2.24) is 5.32 Å². The van der Waals surface area contributed by atoms with Crippen molar-refractivity contribution < 1.29 is 39.8 Å². The second-order valence-electron chi connectivity index (χ2n) is 17.6. The molecule has 0 aromatic rings. The lowest BCUT2D eigenvalue weighted by molar-refractivity contribution is -0.302. The summed E-state index contributed by atoms with van der Waals surface area (Å²) in [6, 6.07) is -0.833. The van der Waals surface area contributed by atoms with E-state index in [2.05, 4.69) is 92.1 Å². The molecule has 9 nitrogen and oxygen atoms in total. The summed E-state index contributed by atoms with van der Waals surface area (Å²) < 4.78 is 11.2. The van der Waals surface area contributed by atoms with Crippen LogP contribution >= 0.6 is 0 Å². The number of hydrogen-bond acceptors (Lipinski definition) is 8. The highest BCUT2D eigenvalue weighted by Crippen LogP contribution is 2.22. The molecule has 0 spiro atoms. The lowest BCUT2D eigenvalue weighted by Gasteiger charge is -2.40. The quantitative estimate of drug-likeness (QED) is 0.0262. The van der Waals surface area contributed by atoms with E-state index in [1.807, 2.05) is 6.08 Å². The van der Waals surface area contributed by atoms with Gasteiger partial charge in [-0.2, -0.15) is 0 Å². The third-order valence-corrected chi connectivity index (χ3v) is 11.7. The van der Waals surface area contributed by atoms with Crippen LogP contribution in [-0.2, 0) is 14.3 Å². The fourth-order valence-corrected chi connectivity index (χ4v) is 7.59. The minimum absolute atomic E-state index is 0.197. The van der Waals surface area contributed by atoms with Gasteiger partial charge in [0.15, 0.2) is 6.29 Å². The third-order valence-electron chi connectivity index (χ3n) is 11.7. The Balaban J connectivity index is 2.29. The molecule has 0 aliphatic carbocycles. The summed E-state index contributed by atoms with van der Waals surface area (Å²) in [6.07, 6.45) is 54.9. The maximum Gasteiger partial charge on any atom is 0.220 e. The molecular formula is C55H95NO8. The summed E-state index contributed by atoms with van der Waals surface area (Å²) in [7, 11) is 0. The van der Waals surface area contributed by atoms with Gasteiger partial charge in [-0.05, 0) is 83.5 Å². The predicted octanol–water partition coefficient (Wildman–Crippen LogP) is 11.9. The van der Waals surface area contributed by atoms with Gasteiger partial charge in [0.05, 0.1) is 25.4 Å². The first-order valence-corrected chi connectivity index (χ1v) is 25.8. The summed E-state index contributed by atoms with van der Waals surface area (Å²) in [4.78, 5) is 13.0. The van der Waals surface area contributed by atoms with Gasteiger partial charge in [-0.1, -0.05) is 195 Å². The van der Waals surface area contributed by atoms with E-state index >= 15 is 0 Å². The fraction of sp³-hybridized carbons (Fsp3) is 0.727. The predicted molar refractivity (Wildman–Crippen MR) is 267 cm³/mol. The number of nitrogens with one attached hydrogen (secondary N) is 1. The Morgan fingerprint density at radius 3 is 1.50 bits per heavy atom. The Hall–Kier alpha value is -2.63. The Labute approximate surface area is 391 Å². The van der Waals surface area contributed by atoms with Crippen LogP contribution in [0.4, 0.5) is 0 Å². The molecule has 1 saturated heterocycles. The number of carbonyl (C=O) groups is 1. The van der Waals surface area contributed by atoms with Crippen molar-refractivity contribution in [3.8, 4) is 0 Å². The first-order valence-electron chi connectivity index (χ1n) is 25.8. The second kappa shape index (κ2) is 44.2. The number of amides is 1. The van der Waals surface area contributed by atoms with Crippen molar-refractivity contribution in [1.29, 1.82) is 0 Å². The highest BCUT2D eigenvalue weighted by molar-refractivity contribution is 5.76. The maximum absolute atomic E-state index is 13.0. The molecule has 7 atom stereocenters. The van der Waals surface area contributed by atoms with E-state index in [1.54, 1.807) is 6.08 Å². The molecule has 64 heavy (non-hydrogen) atoms. The van der Waals surface area contributed by atoms with Crippen molar-refractivity contribution in [2.45, 2.75) is 243 Å². The molecule has 9 heteroatoms. The molecule has 0 bridgehead atoms. The number of ether oxygens (including phenoxy) is 2. The van der Waals surface area contributed by atoms with E-state index in [4.69, 9.17) is 9.47 Å². The van der Waals surface area contributed by atoms with Crippen LogP contribution in [0.1, 0.15) is 200 Å². The van der Waals surface area contributed by atoms with Crippen LogP contribution in [0, 0.1) is 0 Å². The first kappa shape index (κ1) is 59.4. The van der Waals surface area contributed by atoms with Gasteiger partial charge in [0.25, 0.3) is 0 Å². The van der Waals surface area contributed by atoms with Gasteiger partial charge in [0, 0.05) is 6.42 Å². The molecule has 1 heterocycles. The maximum atomic E-state index is 13.0. The molecule has 6 N–H and O–H groups in total. The molecule has 0 radical (unpaired) electrons. The highest BCUT2D eigenvalue weighted by atomic mass is 16.7. The van der Waals surface area contributed by atoms with Crippen LogP contribution in [0.3, 0.4) is 0 Å². The average Bonchev–Trinajstić information content (AvgIpc) is 3.29. The number of hydrogen-bond donors (Lipinski definition) is 6. The minimum Gasteiger partial charge on any atom is -0.394 e. The average molecular weight is 898 g/mol. The van der Waals surface area contributed by atoms with E-state index in [9.17, 15) is 30.3 Å². The van der Waals surface area contributed by atoms with Crippen molar-refractivity contribution in [3.63, 3.8) is 0 Å². The van der Waals surface area contributed by atoms with Crippen LogP contribution in [0.15, 0.2) is 85.1 Å². The number of aliphatic hydroxyl groups is 5. The Morgan fingerprint density at radius 2 is 0.984 bits per heavy atom. The van der Waals surface area contributed by atoms with E-state index in [-0.39, 0.29) is 12.5 Å². The molecule has 0 aromatic heterocycles. The number of rotatable bonds is 42. The van der Waals surface area contributed by atoms with Gasteiger partial charge in [0.2, 0.25) is 5.91 Å². The monoisotopic (exact) mass is 898 g/mol. The lowest BCUT2D eigenvalue weighted by Crippen LogP contribution is -2.60. The number of carbonyl (C=O) groups excluding carboxylic acids is 1. The molecule has 7 unspecified atom stereocenters. The van der Waals surface area contributed by atoms with Crippen LogP contribution in [0.5, 0.6) is 0 Å². The zero-order valence-electron chi connectivity index (χ0n) is 40.5. The number of aliphatic hydroxyl groups excluding tert-OH is 5. The van der Waals surface area contributed by atoms with Gasteiger partial charge < -0.3 is 40.3 Å². The van der Waals surface area contributed by atoms with Gasteiger partial charge in [-0.3, -0.25) is 4.79 Å². The zero-order valence-corrected chi connectivity index (χ0v) is 40.5. The highest BCUT2D eigenvalue weighted by Gasteiger charge is 2.44. The van der Waals surface area contributed by atoms with Crippen LogP contribution < -0.4 is 5.32 Å². The molecule has 1 rings (SSSR count). The Bertz CT molecular complexity index is 1270. The molecule has 1 aliphatic rings. The third kappa shape index (κ3) is 33.8. The van der Waals surface area contributed by atoms with Crippen LogP contribution in [-0.4, -0.2) is 87.5 Å². The molecule has 1 aliphatic heterocycles. The first-order chi connectivity index (χ1) is 31.3. The molecule has 1 amide bonds. The van der Waals surface area contributed by atoms with Gasteiger partial charge >= 0.3 is 0 Å². The van der Waals surface area contributed by atoms with Gasteiger partial charge in [0.1, 0.15) is 24.4 Å². The fourth-order valence-electron chi connectivity index (χ4n) is 7.59. The SMILES string of the molecule is CC/C=C\C/C=C\C/C=C\C/C=C\CCCCCCCCCCCCCCC(=O)NC(COC1OC(CO)C(O)C(O)C1O)C(O)/C=C/CC/C=C/CC/C=C/CCCCCCCC. The summed E-state index contributed by atoms with van der Waals surface area (Å²) >= 11 is 0. The van der Waals surface area contributed by atoms with E-state index in [1.165, 1.54) is 103 Å². The summed E-state index contributed by atoms with van der Waals surface area (Å²) in [5, 5.41) is 54.3. The van der Waals surface area contributed by atoms with Gasteiger partial charge in [-0.25, -0.2) is 0 Å². The zero-order chi connectivity index (χ0) is 46.6.